The van der Waals surface area contributed by atoms with Gasteiger partial charge < -0.3 is 20.4 Å². The van der Waals surface area contributed by atoms with Crippen LogP contribution in [-0.2, 0) is 9.59 Å². The number of anilines is 1. The third-order valence-electron chi connectivity index (χ3n) is 4.61. The summed E-state index contributed by atoms with van der Waals surface area (Å²) in [5, 5.41) is 5.42. The van der Waals surface area contributed by atoms with Crippen LogP contribution in [0.25, 0.3) is 0 Å². The predicted molar refractivity (Wildman–Crippen MR) is 101 cm³/mol. The number of carbonyl (C=O) groups excluding carboxylic acids is 2. The highest BCUT2D eigenvalue weighted by Crippen LogP contribution is 2.15. The summed E-state index contributed by atoms with van der Waals surface area (Å²) in [6, 6.07) is 5.72. The number of likely N-dealkylation sites (N-methyl/N-ethyl adjacent to an activating group) is 1. The van der Waals surface area contributed by atoms with Gasteiger partial charge >= 0.3 is 11.8 Å². The zero-order valence-electron chi connectivity index (χ0n) is 15.8. The van der Waals surface area contributed by atoms with Gasteiger partial charge in [0, 0.05) is 45.0 Å². The van der Waals surface area contributed by atoms with Gasteiger partial charge in [-0.05, 0) is 38.4 Å². The highest BCUT2D eigenvalue weighted by atomic mass is 16.2. The Bertz CT molecular complexity index is 609. The second kappa shape index (κ2) is 8.97. The van der Waals surface area contributed by atoms with E-state index in [1.165, 1.54) is 0 Å². The molecule has 1 saturated heterocycles. The van der Waals surface area contributed by atoms with Crippen molar-refractivity contribution in [3.8, 4) is 0 Å². The quantitative estimate of drug-likeness (QED) is 0.788. The van der Waals surface area contributed by atoms with E-state index in [-0.39, 0.29) is 0 Å². The van der Waals surface area contributed by atoms with Gasteiger partial charge in [-0.2, -0.15) is 0 Å². The lowest BCUT2D eigenvalue weighted by Crippen LogP contribution is -2.47. The zero-order valence-corrected chi connectivity index (χ0v) is 15.8. The Labute approximate surface area is 150 Å². The number of piperazine rings is 1. The Morgan fingerprint density at radius 2 is 1.80 bits per heavy atom. The van der Waals surface area contributed by atoms with E-state index < -0.39 is 11.8 Å². The lowest BCUT2D eigenvalue weighted by molar-refractivity contribution is -0.136. The molecule has 1 aromatic carbocycles. The SMILES string of the molecule is Cc1ccc(NC(=O)C(=O)NC[C@@H](C)CN2CCN(C)CC2)c(C)c1. The third kappa shape index (κ3) is 6.14. The monoisotopic (exact) mass is 346 g/mol. The average molecular weight is 346 g/mol. The first-order valence-electron chi connectivity index (χ1n) is 8.92. The van der Waals surface area contributed by atoms with Crippen LogP contribution in [0, 0.1) is 19.8 Å². The van der Waals surface area contributed by atoms with Crippen molar-refractivity contribution in [3.05, 3.63) is 29.3 Å². The van der Waals surface area contributed by atoms with Crippen LogP contribution < -0.4 is 10.6 Å². The molecule has 0 unspecified atom stereocenters. The summed E-state index contributed by atoms with van der Waals surface area (Å²) in [5.74, 6) is -0.884. The predicted octanol–water partition coefficient (Wildman–Crippen LogP) is 1.24. The molecule has 2 N–H and O–H groups in total. The second-order valence-electron chi connectivity index (χ2n) is 7.19. The van der Waals surface area contributed by atoms with Gasteiger partial charge in [0.05, 0.1) is 0 Å². The molecular formula is C19H30N4O2. The smallest absolute Gasteiger partial charge is 0.313 e. The van der Waals surface area contributed by atoms with Crippen molar-refractivity contribution in [2.45, 2.75) is 20.8 Å². The van der Waals surface area contributed by atoms with Crippen molar-refractivity contribution in [2.24, 2.45) is 5.92 Å². The number of nitrogens with zero attached hydrogens (tertiary/aromatic N) is 2. The van der Waals surface area contributed by atoms with Crippen molar-refractivity contribution in [3.63, 3.8) is 0 Å². The Balaban J connectivity index is 1.74. The Kier molecular flexibility index (Phi) is 6.96. The van der Waals surface area contributed by atoms with Crippen LogP contribution in [0.1, 0.15) is 18.1 Å². The molecule has 2 amide bonds. The van der Waals surface area contributed by atoms with Gasteiger partial charge in [0.1, 0.15) is 0 Å². The van der Waals surface area contributed by atoms with Crippen molar-refractivity contribution in [1.82, 2.24) is 15.1 Å². The van der Waals surface area contributed by atoms with Gasteiger partial charge in [0.15, 0.2) is 0 Å². The van der Waals surface area contributed by atoms with E-state index in [4.69, 9.17) is 0 Å². The van der Waals surface area contributed by atoms with Crippen LogP contribution >= 0.6 is 0 Å². The van der Waals surface area contributed by atoms with Gasteiger partial charge in [0.2, 0.25) is 0 Å². The highest BCUT2D eigenvalue weighted by molar-refractivity contribution is 6.39. The molecule has 1 heterocycles. The van der Waals surface area contributed by atoms with Crippen molar-refractivity contribution >= 4 is 17.5 Å². The number of hydrogen-bond acceptors (Lipinski definition) is 4. The summed E-state index contributed by atoms with van der Waals surface area (Å²) in [7, 11) is 2.13. The van der Waals surface area contributed by atoms with Gasteiger partial charge in [-0.1, -0.05) is 24.6 Å². The molecule has 0 spiro atoms. The fourth-order valence-corrected chi connectivity index (χ4v) is 3.02. The van der Waals surface area contributed by atoms with Crippen LogP contribution in [0.4, 0.5) is 5.69 Å². The maximum atomic E-state index is 12.0. The first kappa shape index (κ1) is 19.4. The molecule has 1 aliphatic rings. The van der Waals surface area contributed by atoms with Gasteiger partial charge in [-0.25, -0.2) is 0 Å². The van der Waals surface area contributed by atoms with Gasteiger partial charge in [-0.15, -0.1) is 0 Å². The average Bonchev–Trinajstić information content (AvgIpc) is 2.57. The number of nitrogens with one attached hydrogen (secondary N) is 2. The number of aryl methyl sites for hydroxylation is 2. The fraction of sp³-hybridized carbons (Fsp3) is 0.579. The number of amides is 2. The zero-order chi connectivity index (χ0) is 18.4. The van der Waals surface area contributed by atoms with Crippen molar-refractivity contribution < 1.29 is 9.59 Å². The standard InChI is InChI=1S/C19H30N4O2/c1-14-5-6-17(16(3)11-14)21-19(25)18(24)20-12-15(2)13-23-9-7-22(4)8-10-23/h5-6,11,15H,7-10,12-13H2,1-4H3,(H,20,24)(H,21,25)/t15-/m1/s1. The summed E-state index contributed by atoms with van der Waals surface area (Å²) >= 11 is 0. The fourth-order valence-electron chi connectivity index (χ4n) is 3.02. The summed E-state index contributed by atoms with van der Waals surface area (Å²) in [6.45, 7) is 11.7. The molecule has 1 aromatic rings. The highest BCUT2D eigenvalue weighted by Gasteiger charge is 2.18. The Morgan fingerprint density at radius 1 is 1.12 bits per heavy atom. The number of benzene rings is 1. The minimum absolute atomic E-state index is 0.307. The molecule has 0 aliphatic carbocycles. The molecule has 0 radical (unpaired) electrons. The molecule has 2 rings (SSSR count). The van der Waals surface area contributed by atoms with Gasteiger partial charge in [-0.3, -0.25) is 9.59 Å². The molecule has 1 aliphatic heterocycles. The third-order valence-corrected chi connectivity index (χ3v) is 4.61. The number of hydrogen-bond donors (Lipinski definition) is 2. The first-order valence-corrected chi connectivity index (χ1v) is 8.92. The van der Waals surface area contributed by atoms with Crippen LogP contribution in [0.15, 0.2) is 18.2 Å². The molecule has 0 aromatic heterocycles. The van der Waals surface area contributed by atoms with Crippen molar-refractivity contribution in [2.75, 3.05) is 51.6 Å². The van der Waals surface area contributed by atoms with Crippen LogP contribution in [-0.4, -0.2) is 67.9 Å². The second-order valence-corrected chi connectivity index (χ2v) is 7.19. The molecule has 25 heavy (non-hydrogen) atoms. The van der Waals surface area contributed by atoms with E-state index in [1.807, 2.05) is 32.0 Å². The summed E-state index contributed by atoms with van der Waals surface area (Å²) < 4.78 is 0. The lowest BCUT2D eigenvalue weighted by Gasteiger charge is -2.33. The largest absolute Gasteiger partial charge is 0.348 e. The molecule has 0 saturated carbocycles. The topological polar surface area (TPSA) is 64.7 Å². The van der Waals surface area contributed by atoms with Crippen molar-refractivity contribution in [1.29, 1.82) is 0 Å². The van der Waals surface area contributed by atoms with Crippen LogP contribution in [0.2, 0.25) is 0 Å². The summed E-state index contributed by atoms with van der Waals surface area (Å²) in [4.78, 5) is 28.8. The molecular weight excluding hydrogens is 316 g/mol. The van der Waals surface area contributed by atoms with Crippen LogP contribution in [0.3, 0.4) is 0 Å². The Morgan fingerprint density at radius 3 is 2.44 bits per heavy atom. The van der Waals surface area contributed by atoms with E-state index in [1.54, 1.807) is 0 Å². The van der Waals surface area contributed by atoms with E-state index in [9.17, 15) is 9.59 Å². The maximum absolute atomic E-state index is 12.0. The van der Waals surface area contributed by atoms with Gasteiger partial charge in [0.25, 0.3) is 0 Å². The van der Waals surface area contributed by atoms with E-state index in [0.29, 0.717) is 18.2 Å². The minimum Gasteiger partial charge on any atom is -0.348 e. The minimum atomic E-state index is -0.612. The molecule has 1 atom stereocenters. The Hall–Kier alpha value is -1.92. The number of carbonyl (C=O) groups is 2. The van der Waals surface area contributed by atoms with Crippen LogP contribution in [0.5, 0.6) is 0 Å². The summed E-state index contributed by atoms with van der Waals surface area (Å²) in [5.41, 5.74) is 2.75. The number of rotatable bonds is 5. The van der Waals surface area contributed by atoms with E-state index in [2.05, 4.69) is 34.4 Å². The summed E-state index contributed by atoms with van der Waals surface area (Å²) in [6.07, 6.45) is 0. The molecule has 0 bridgehead atoms. The molecule has 6 nitrogen and oxygen atoms in total. The normalized spacial score (nSPS) is 17.1. The molecule has 1 fully saturated rings. The first-order chi connectivity index (χ1) is 11.8. The molecule has 6 heteroatoms. The lowest BCUT2D eigenvalue weighted by atomic mass is 10.1. The van der Waals surface area contributed by atoms with E-state index in [0.717, 1.165) is 43.9 Å². The molecule has 138 valence electrons. The van der Waals surface area contributed by atoms with E-state index >= 15 is 0 Å². The maximum Gasteiger partial charge on any atom is 0.313 e.